The number of benzene rings is 2. The van der Waals surface area contributed by atoms with Crippen LogP contribution in [0.3, 0.4) is 0 Å². The predicted molar refractivity (Wildman–Crippen MR) is 180 cm³/mol. The van der Waals surface area contributed by atoms with Crippen LogP contribution in [0.25, 0.3) is 5.78 Å². The van der Waals surface area contributed by atoms with Crippen molar-refractivity contribution in [1.29, 1.82) is 0 Å². The smallest absolute Gasteiger partial charge is 0.274 e. The molecule has 3 heterocycles. The van der Waals surface area contributed by atoms with Gasteiger partial charge in [0.05, 0.1) is 24.8 Å². The van der Waals surface area contributed by atoms with Crippen LogP contribution < -0.4 is 15.4 Å². The van der Waals surface area contributed by atoms with Crippen molar-refractivity contribution >= 4 is 23.5 Å². The van der Waals surface area contributed by atoms with Gasteiger partial charge < -0.3 is 25.2 Å². The fourth-order valence-corrected chi connectivity index (χ4v) is 5.89. The van der Waals surface area contributed by atoms with Gasteiger partial charge in [-0.25, -0.2) is 23.1 Å². The SMILES string of the molecule is CN[C@@H](C)C(=O)N[C@H](C(=O)N1C[C@@H](Oc2ccc(F)cc2)C[C@H]1CN(CCc1ccc(F)cc1)C(=O)c1cn2cc(F)cnc2n1)C(C)(C)C. The second-order valence-electron chi connectivity index (χ2n) is 13.6. The summed E-state index contributed by atoms with van der Waals surface area (Å²) in [6.07, 6.45) is 3.74. The first kappa shape index (κ1) is 36.3. The molecule has 3 amide bonds. The van der Waals surface area contributed by atoms with Crippen molar-refractivity contribution < 1.29 is 32.3 Å². The summed E-state index contributed by atoms with van der Waals surface area (Å²) >= 11 is 0. The molecular weight excluding hydrogens is 651 g/mol. The van der Waals surface area contributed by atoms with Crippen LogP contribution in [0.15, 0.2) is 67.1 Å². The Labute approximate surface area is 288 Å². The van der Waals surface area contributed by atoms with Crippen molar-refractivity contribution in [1.82, 2.24) is 34.8 Å². The minimum absolute atomic E-state index is 0.0260. The fraction of sp³-hybridized carbons (Fsp3) is 0.417. The lowest BCUT2D eigenvalue weighted by atomic mass is 9.85. The van der Waals surface area contributed by atoms with Crippen molar-refractivity contribution in [2.24, 2.45) is 5.41 Å². The van der Waals surface area contributed by atoms with E-state index in [-0.39, 0.29) is 48.7 Å². The second kappa shape index (κ2) is 15.3. The number of nitrogens with one attached hydrogen (secondary N) is 2. The molecule has 2 aromatic heterocycles. The highest BCUT2D eigenvalue weighted by Gasteiger charge is 2.44. The molecule has 1 fully saturated rings. The second-order valence-corrected chi connectivity index (χ2v) is 13.6. The first-order chi connectivity index (χ1) is 23.7. The molecule has 4 aromatic rings. The number of likely N-dealkylation sites (tertiary alicyclic amines) is 1. The van der Waals surface area contributed by atoms with Gasteiger partial charge in [0.1, 0.15) is 35.2 Å². The van der Waals surface area contributed by atoms with Gasteiger partial charge in [-0.1, -0.05) is 32.9 Å². The van der Waals surface area contributed by atoms with E-state index in [1.807, 2.05) is 20.8 Å². The molecule has 266 valence electrons. The number of rotatable bonds is 12. The summed E-state index contributed by atoms with van der Waals surface area (Å²) in [7, 11) is 1.65. The molecule has 0 unspecified atom stereocenters. The Morgan fingerprint density at radius 1 is 1.00 bits per heavy atom. The minimum Gasteiger partial charge on any atom is -0.489 e. The van der Waals surface area contributed by atoms with E-state index in [9.17, 15) is 27.6 Å². The Morgan fingerprint density at radius 3 is 2.30 bits per heavy atom. The molecule has 0 saturated carbocycles. The van der Waals surface area contributed by atoms with Crippen molar-refractivity contribution in [2.45, 2.75) is 64.8 Å². The number of fused-ring (bicyclic) bond motifs is 1. The summed E-state index contributed by atoms with van der Waals surface area (Å²) in [4.78, 5) is 53.1. The van der Waals surface area contributed by atoms with Crippen LogP contribution in [0.2, 0.25) is 0 Å². The number of imidazole rings is 1. The Balaban J connectivity index is 1.47. The van der Waals surface area contributed by atoms with Crippen LogP contribution in [0.1, 0.15) is 50.2 Å². The normalized spacial score (nSPS) is 17.4. The van der Waals surface area contributed by atoms with Crippen LogP contribution in [-0.4, -0.2) is 92.8 Å². The molecule has 2 N–H and O–H groups in total. The predicted octanol–water partition coefficient (Wildman–Crippen LogP) is 4.02. The monoisotopic (exact) mass is 693 g/mol. The van der Waals surface area contributed by atoms with Gasteiger partial charge in [-0.15, -0.1) is 0 Å². The molecule has 0 spiro atoms. The lowest BCUT2D eigenvalue weighted by molar-refractivity contribution is -0.141. The van der Waals surface area contributed by atoms with E-state index in [1.165, 1.54) is 53.2 Å². The highest BCUT2D eigenvalue weighted by atomic mass is 19.1. The fourth-order valence-electron chi connectivity index (χ4n) is 5.89. The van der Waals surface area contributed by atoms with Crippen molar-refractivity contribution in [3.8, 4) is 5.75 Å². The molecule has 5 rings (SSSR count). The minimum atomic E-state index is -0.916. The summed E-state index contributed by atoms with van der Waals surface area (Å²) in [5, 5.41) is 5.80. The molecule has 0 radical (unpaired) electrons. The molecule has 50 heavy (non-hydrogen) atoms. The summed E-state index contributed by atoms with van der Waals surface area (Å²) in [6, 6.07) is 9.49. The van der Waals surface area contributed by atoms with E-state index < -0.39 is 47.2 Å². The number of halogens is 3. The quantitative estimate of drug-likeness (QED) is 0.230. The van der Waals surface area contributed by atoms with E-state index in [1.54, 1.807) is 35.9 Å². The topological polar surface area (TPSA) is 121 Å². The molecule has 2 aromatic carbocycles. The highest BCUT2D eigenvalue weighted by molar-refractivity contribution is 5.93. The van der Waals surface area contributed by atoms with Gasteiger partial charge >= 0.3 is 0 Å². The number of carbonyl (C=O) groups excluding carboxylic acids is 3. The van der Waals surface area contributed by atoms with Crippen LogP contribution >= 0.6 is 0 Å². The van der Waals surface area contributed by atoms with Gasteiger partial charge in [0.25, 0.3) is 5.91 Å². The van der Waals surface area contributed by atoms with Crippen LogP contribution in [0, 0.1) is 22.9 Å². The summed E-state index contributed by atoms with van der Waals surface area (Å²) in [6.45, 7) is 7.65. The van der Waals surface area contributed by atoms with E-state index in [4.69, 9.17) is 4.74 Å². The van der Waals surface area contributed by atoms with Crippen LogP contribution in [-0.2, 0) is 16.0 Å². The molecule has 0 bridgehead atoms. The van der Waals surface area contributed by atoms with Gasteiger partial charge in [0, 0.05) is 31.9 Å². The van der Waals surface area contributed by atoms with E-state index in [0.717, 1.165) is 11.8 Å². The molecule has 14 heteroatoms. The third-order valence-corrected chi connectivity index (χ3v) is 8.80. The summed E-state index contributed by atoms with van der Waals surface area (Å²) in [5.41, 5.74) is 0.129. The van der Waals surface area contributed by atoms with Crippen LogP contribution in [0.4, 0.5) is 13.2 Å². The van der Waals surface area contributed by atoms with Gasteiger partial charge in [0.2, 0.25) is 17.6 Å². The zero-order valence-electron chi connectivity index (χ0n) is 28.7. The Kier molecular flexibility index (Phi) is 11.1. The Morgan fingerprint density at radius 2 is 1.66 bits per heavy atom. The maximum atomic E-state index is 14.5. The van der Waals surface area contributed by atoms with Crippen LogP contribution in [0.5, 0.6) is 5.75 Å². The third kappa shape index (κ3) is 8.78. The lowest BCUT2D eigenvalue weighted by Crippen LogP contribution is -2.59. The Bertz CT molecular complexity index is 1810. The standard InChI is InChI=1S/C36H42F3N7O4/c1-22(40-5)32(47)43-31(36(2,3)4)34(49)46-20-29(50-28-12-10-25(38)11-13-28)16-27(46)19-44(15-14-23-6-8-24(37)9-7-23)33(48)30-21-45-18-26(39)17-41-35(45)42-30/h6-13,17-18,21-22,27,29,31,40H,14-16,19-20H2,1-5H3,(H,43,47)/t22-,27-,29-,31+/m0/s1. The number of amides is 3. The molecule has 4 atom stereocenters. The number of carbonyl (C=O) groups is 3. The molecule has 1 aliphatic heterocycles. The maximum absolute atomic E-state index is 14.5. The highest BCUT2D eigenvalue weighted by Crippen LogP contribution is 2.29. The average molecular weight is 694 g/mol. The number of hydrogen-bond donors (Lipinski definition) is 2. The molecule has 11 nitrogen and oxygen atoms in total. The van der Waals surface area contributed by atoms with Crippen molar-refractivity contribution in [2.75, 3.05) is 26.7 Å². The maximum Gasteiger partial charge on any atom is 0.274 e. The number of likely N-dealkylation sites (N-methyl/N-ethyl adjacent to an activating group) is 1. The number of ether oxygens (including phenoxy) is 1. The zero-order chi connectivity index (χ0) is 36.2. The number of hydrogen-bond acceptors (Lipinski definition) is 7. The van der Waals surface area contributed by atoms with Gasteiger partial charge in [0.15, 0.2) is 5.82 Å². The Hall–Kier alpha value is -4.98. The van der Waals surface area contributed by atoms with Gasteiger partial charge in [-0.05, 0) is 67.8 Å². The van der Waals surface area contributed by atoms with Crippen molar-refractivity contribution in [3.05, 3.63) is 95.8 Å². The summed E-state index contributed by atoms with van der Waals surface area (Å²) < 4.78 is 48.7. The third-order valence-electron chi connectivity index (χ3n) is 8.80. The van der Waals surface area contributed by atoms with Crippen molar-refractivity contribution in [3.63, 3.8) is 0 Å². The zero-order valence-corrected chi connectivity index (χ0v) is 28.7. The first-order valence-corrected chi connectivity index (χ1v) is 16.5. The van der Waals surface area contributed by atoms with Gasteiger partial charge in [-0.2, -0.15) is 0 Å². The molecule has 1 saturated heterocycles. The van der Waals surface area contributed by atoms with Gasteiger partial charge in [-0.3, -0.25) is 18.8 Å². The largest absolute Gasteiger partial charge is 0.489 e. The number of aromatic nitrogens is 3. The molecule has 1 aliphatic rings. The first-order valence-electron chi connectivity index (χ1n) is 16.5. The average Bonchev–Trinajstić information content (AvgIpc) is 3.69. The van der Waals surface area contributed by atoms with E-state index in [2.05, 4.69) is 20.6 Å². The van der Waals surface area contributed by atoms with E-state index >= 15 is 0 Å². The number of nitrogens with zero attached hydrogens (tertiary/aromatic N) is 5. The van der Waals surface area contributed by atoms with E-state index in [0.29, 0.717) is 18.6 Å². The lowest BCUT2D eigenvalue weighted by Gasteiger charge is -2.37. The molecule has 0 aliphatic carbocycles. The molecular formula is C36H42F3N7O4. The summed E-state index contributed by atoms with van der Waals surface area (Å²) in [5.74, 6) is -2.01.